The Morgan fingerprint density at radius 3 is 2.38 bits per heavy atom. The number of carbonyl (C=O) groups excluding carboxylic acids is 1. The summed E-state index contributed by atoms with van der Waals surface area (Å²) in [7, 11) is 0. The monoisotopic (exact) mass is 224 g/mol. The summed E-state index contributed by atoms with van der Waals surface area (Å²) in [6, 6.07) is 0. The molecule has 16 heavy (non-hydrogen) atoms. The first kappa shape index (κ1) is 13.5. The molecule has 0 saturated heterocycles. The van der Waals surface area contributed by atoms with E-state index >= 15 is 0 Å². The second kappa shape index (κ2) is 6.93. The first-order valence-electron chi connectivity index (χ1n) is 6.93. The highest BCUT2D eigenvalue weighted by Gasteiger charge is 2.32. The van der Waals surface area contributed by atoms with Gasteiger partial charge in [-0.1, -0.05) is 51.9 Å². The van der Waals surface area contributed by atoms with Crippen LogP contribution in [0.1, 0.15) is 77.6 Å². The first-order valence-corrected chi connectivity index (χ1v) is 6.93. The molecule has 1 fully saturated rings. The van der Waals surface area contributed by atoms with Crippen LogP contribution in [0, 0.1) is 5.41 Å². The van der Waals surface area contributed by atoms with E-state index in [1.165, 1.54) is 64.2 Å². The van der Waals surface area contributed by atoms with Gasteiger partial charge >= 0.3 is 0 Å². The van der Waals surface area contributed by atoms with Crippen LogP contribution in [0.25, 0.3) is 0 Å². The summed E-state index contributed by atoms with van der Waals surface area (Å²) in [6.07, 6.45) is 13.0. The molecule has 0 aromatic rings. The molecule has 0 aliphatic heterocycles. The number of unbranched alkanes of at least 4 members (excludes halogenated alkanes) is 3. The Bertz CT molecular complexity index is 207. The van der Waals surface area contributed by atoms with Crippen LogP contribution in [0.15, 0.2) is 0 Å². The predicted octanol–water partition coefficient (Wildman–Crippen LogP) is 4.11. The second-order valence-electron chi connectivity index (χ2n) is 5.47. The van der Waals surface area contributed by atoms with Crippen molar-refractivity contribution in [2.45, 2.75) is 77.6 Å². The third kappa shape index (κ3) is 4.54. The van der Waals surface area contributed by atoms with Crippen LogP contribution in [0.4, 0.5) is 0 Å². The van der Waals surface area contributed by atoms with Crippen LogP contribution >= 0.6 is 0 Å². The molecular formula is C14H26NO. The summed E-state index contributed by atoms with van der Waals surface area (Å²) in [5, 5.41) is 0. The van der Waals surface area contributed by atoms with Gasteiger partial charge < -0.3 is 0 Å². The molecule has 0 aromatic carbocycles. The van der Waals surface area contributed by atoms with E-state index in [0.717, 1.165) is 0 Å². The zero-order valence-electron chi connectivity index (χ0n) is 10.7. The van der Waals surface area contributed by atoms with Crippen molar-refractivity contribution in [2.75, 3.05) is 0 Å². The highest BCUT2D eigenvalue weighted by atomic mass is 16.1. The van der Waals surface area contributed by atoms with Gasteiger partial charge in [0.15, 0.2) is 0 Å². The van der Waals surface area contributed by atoms with Crippen molar-refractivity contribution < 1.29 is 4.79 Å². The Hall–Kier alpha value is -0.530. The lowest BCUT2D eigenvalue weighted by Crippen LogP contribution is -2.27. The van der Waals surface area contributed by atoms with E-state index in [1.54, 1.807) is 0 Å². The number of rotatable bonds is 7. The van der Waals surface area contributed by atoms with Gasteiger partial charge in [0.25, 0.3) is 0 Å². The van der Waals surface area contributed by atoms with Crippen molar-refractivity contribution in [2.24, 2.45) is 5.41 Å². The molecule has 1 aliphatic carbocycles. The average Bonchev–Trinajstić information content (AvgIpc) is 2.25. The van der Waals surface area contributed by atoms with Crippen molar-refractivity contribution in [1.29, 1.82) is 0 Å². The number of hydrogen-bond donors (Lipinski definition) is 0. The second-order valence-corrected chi connectivity index (χ2v) is 5.47. The van der Waals surface area contributed by atoms with Crippen LogP contribution in [0.5, 0.6) is 0 Å². The van der Waals surface area contributed by atoms with Crippen molar-refractivity contribution in [1.82, 2.24) is 5.73 Å². The zero-order chi connectivity index (χ0) is 11.9. The molecule has 0 unspecified atom stereocenters. The lowest BCUT2D eigenvalue weighted by molar-refractivity contribution is -0.121. The molecule has 1 aliphatic rings. The fourth-order valence-corrected chi connectivity index (χ4v) is 3.08. The Labute approximate surface area is 100.0 Å². The largest absolute Gasteiger partial charge is 0.273 e. The van der Waals surface area contributed by atoms with Crippen LogP contribution in [0.2, 0.25) is 0 Å². The van der Waals surface area contributed by atoms with Crippen LogP contribution in [0.3, 0.4) is 0 Å². The molecular weight excluding hydrogens is 198 g/mol. The molecule has 0 spiro atoms. The Kier molecular flexibility index (Phi) is 5.86. The zero-order valence-corrected chi connectivity index (χ0v) is 10.7. The van der Waals surface area contributed by atoms with Crippen molar-refractivity contribution in [3.8, 4) is 0 Å². The third-order valence-corrected chi connectivity index (χ3v) is 4.01. The summed E-state index contributed by atoms with van der Waals surface area (Å²) >= 11 is 0. The average molecular weight is 224 g/mol. The first-order chi connectivity index (χ1) is 7.68. The fourth-order valence-electron chi connectivity index (χ4n) is 3.08. The maximum absolute atomic E-state index is 11.1. The van der Waals surface area contributed by atoms with Gasteiger partial charge in [0.1, 0.15) is 0 Å². The quantitative estimate of drug-likeness (QED) is 0.600. The van der Waals surface area contributed by atoms with E-state index in [4.69, 9.17) is 5.73 Å². The van der Waals surface area contributed by atoms with E-state index in [9.17, 15) is 4.79 Å². The molecule has 0 bridgehead atoms. The molecule has 1 N–H and O–H groups in total. The Morgan fingerprint density at radius 1 is 1.12 bits per heavy atom. The van der Waals surface area contributed by atoms with Crippen LogP contribution in [-0.4, -0.2) is 5.91 Å². The molecule has 1 amide bonds. The van der Waals surface area contributed by atoms with Crippen molar-refractivity contribution in [3.05, 3.63) is 0 Å². The van der Waals surface area contributed by atoms with Gasteiger partial charge in [0, 0.05) is 6.42 Å². The molecule has 1 rings (SSSR count). The van der Waals surface area contributed by atoms with Gasteiger partial charge in [-0.3, -0.25) is 10.5 Å². The molecule has 2 heteroatoms. The maximum Gasteiger partial charge on any atom is 0.238 e. The normalized spacial score (nSPS) is 19.6. The lowest BCUT2D eigenvalue weighted by Gasteiger charge is -2.36. The van der Waals surface area contributed by atoms with Gasteiger partial charge in [0.2, 0.25) is 5.91 Å². The minimum Gasteiger partial charge on any atom is -0.273 e. The van der Waals surface area contributed by atoms with Crippen LogP contribution in [-0.2, 0) is 4.79 Å². The van der Waals surface area contributed by atoms with E-state index in [-0.39, 0.29) is 11.3 Å². The van der Waals surface area contributed by atoms with Crippen molar-refractivity contribution >= 4 is 5.91 Å². The highest BCUT2D eigenvalue weighted by molar-refractivity contribution is 5.73. The Morgan fingerprint density at radius 2 is 1.81 bits per heavy atom. The minimum absolute atomic E-state index is 0.213. The summed E-state index contributed by atoms with van der Waals surface area (Å²) in [4.78, 5) is 11.1. The SMILES string of the molecule is CCCCCCC1(CC([NH])=O)CCCCC1. The van der Waals surface area contributed by atoms with E-state index in [2.05, 4.69) is 6.92 Å². The fraction of sp³-hybridized carbons (Fsp3) is 0.929. The summed E-state index contributed by atoms with van der Waals surface area (Å²) in [5.41, 5.74) is 7.43. The van der Waals surface area contributed by atoms with Crippen LogP contribution < -0.4 is 5.73 Å². The van der Waals surface area contributed by atoms with Gasteiger partial charge in [-0.25, -0.2) is 0 Å². The summed E-state index contributed by atoms with van der Waals surface area (Å²) in [6.45, 7) is 2.23. The number of hydrogen-bond acceptors (Lipinski definition) is 1. The van der Waals surface area contributed by atoms with E-state index in [1.807, 2.05) is 0 Å². The topological polar surface area (TPSA) is 40.9 Å². The molecule has 0 aromatic heterocycles. The van der Waals surface area contributed by atoms with Gasteiger partial charge in [0.05, 0.1) is 0 Å². The Balaban J connectivity index is 2.39. The standard InChI is InChI=1S/C14H26NO/c1-2-3-4-6-9-14(12-13(15)16)10-7-5-8-11-14/h15H,2-12H2,1H3. The lowest BCUT2D eigenvalue weighted by atomic mass is 9.68. The number of amides is 1. The molecule has 1 saturated carbocycles. The third-order valence-electron chi connectivity index (χ3n) is 4.01. The maximum atomic E-state index is 11.1. The van der Waals surface area contributed by atoms with E-state index < -0.39 is 0 Å². The van der Waals surface area contributed by atoms with E-state index in [0.29, 0.717) is 6.42 Å². The van der Waals surface area contributed by atoms with Gasteiger partial charge in [-0.2, -0.15) is 0 Å². The minimum atomic E-state index is -0.350. The highest BCUT2D eigenvalue weighted by Crippen LogP contribution is 2.43. The predicted molar refractivity (Wildman–Crippen MR) is 67.0 cm³/mol. The molecule has 2 nitrogen and oxygen atoms in total. The molecule has 93 valence electrons. The number of nitrogens with one attached hydrogen (secondary N) is 1. The molecule has 0 atom stereocenters. The summed E-state index contributed by atoms with van der Waals surface area (Å²) < 4.78 is 0. The van der Waals surface area contributed by atoms with Crippen molar-refractivity contribution in [3.63, 3.8) is 0 Å². The summed E-state index contributed by atoms with van der Waals surface area (Å²) in [5.74, 6) is -0.350. The molecule has 0 heterocycles. The van der Waals surface area contributed by atoms with Gasteiger partial charge in [-0.15, -0.1) is 0 Å². The smallest absolute Gasteiger partial charge is 0.238 e. The number of carbonyl (C=O) groups is 1. The molecule has 1 radical (unpaired) electrons. The van der Waals surface area contributed by atoms with Gasteiger partial charge in [-0.05, 0) is 24.7 Å².